The number of benzene rings is 1. The fourth-order valence-corrected chi connectivity index (χ4v) is 2.48. The first-order chi connectivity index (χ1) is 9.63. The second kappa shape index (κ2) is 5.01. The van der Waals surface area contributed by atoms with Crippen LogP contribution < -0.4 is 10.3 Å². The molecule has 0 saturated heterocycles. The molecule has 0 aliphatic carbocycles. The quantitative estimate of drug-likeness (QED) is 0.734. The fourth-order valence-electron chi connectivity index (χ4n) is 1.74. The lowest BCUT2D eigenvalue weighted by Gasteiger charge is -2.03. The zero-order chi connectivity index (χ0) is 14.1. The minimum atomic E-state index is -0.243. The molecule has 0 fully saturated rings. The van der Waals surface area contributed by atoms with Crippen molar-refractivity contribution in [2.24, 2.45) is 0 Å². The number of hydrogen-bond acceptors (Lipinski definition) is 6. The van der Waals surface area contributed by atoms with Crippen LogP contribution in [-0.2, 0) is 6.61 Å². The molecule has 0 atom stereocenters. The van der Waals surface area contributed by atoms with Gasteiger partial charge in [0.25, 0.3) is 5.56 Å². The van der Waals surface area contributed by atoms with Crippen molar-refractivity contribution in [2.75, 3.05) is 0 Å². The number of aromatic nitrogens is 4. The van der Waals surface area contributed by atoms with Crippen LogP contribution in [0.25, 0.3) is 4.96 Å². The van der Waals surface area contributed by atoms with Gasteiger partial charge in [-0.05, 0) is 31.5 Å². The third kappa shape index (κ3) is 2.39. The molecule has 0 unspecified atom stereocenters. The smallest absolute Gasteiger partial charge is 0.296 e. The second-order valence-electron chi connectivity index (χ2n) is 4.39. The molecule has 1 aromatic carbocycles. The Balaban J connectivity index is 1.85. The molecule has 6 nitrogen and oxygen atoms in total. The molecule has 0 amide bonds. The molecule has 0 radical (unpaired) electrons. The molecule has 0 aliphatic rings. The lowest BCUT2D eigenvalue weighted by molar-refractivity contribution is 0.304. The molecular weight excluding hydrogens is 276 g/mol. The Bertz CT molecular complexity index is 825. The van der Waals surface area contributed by atoms with Gasteiger partial charge in [0, 0.05) is 0 Å². The van der Waals surface area contributed by atoms with Gasteiger partial charge in [0.2, 0.25) is 4.96 Å². The van der Waals surface area contributed by atoms with Gasteiger partial charge in [-0.2, -0.15) is 9.61 Å². The summed E-state index contributed by atoms with van der Waals surface area (Å²) in [6.45, 7) is 3.92. The minimum Gasteiger partial charge on any atom is -0.486 e. The van der Waals surface area contributed by atoms with Crippen molar-refractivity contribution in [2.45, 2.75) is 20.5 Å². The molecular formula is C13H12N4O2S. The highest BCUT2D eigenvalue weighted by atomic mass is 32.1. The Morgan fingerprint density at radius 2 is 2.15 bits per heavy atom. The fraction of sp³-hybridized carbons (Fsp3) is 0.231. The van der Waals surface area contributed by atoms with E-state index in [1.54, 1.807) is 6.92 Å². The Labute approximate surface area is 118 Å². The predicted molar refractivity (Wildman–Crippen MR) is 75.2 cm³/mol. The molecule has 0 bridgehead atoms. The van der Waals surface area contributed by atoms with Crippen LogP contribution in [0.5, 0.6) is 5.75 Å². The Hall–Kier alpha value is -2.28. The van der Waals surface area contributed by atoms with Gasteiger partial charge in [-0.15, -0.1) is 10.2 Å². The van der Waals surface area contributed by atoms with Crippen LogP contribution in [0.15, 0.2) is 29.1 Å². The van der Waals surface area contributed by atoms with E-state index in [1.807, 2.05) is 31.2 Å². The molecule has 2 aromatic heterocycles. The van der Waals surface area contributed by atoms with Gasteiger partial charge in [0.05, 0.1) is 0 Å². The summed E-state index contributed by atoms with van der Waals surface area (Å²) in [5.41, 5.74) is 1.22. The molecule has 0 saturated carbocycles. The van der Waals surface area contributed by atoms with Crippen LogP contribution in [0, 0.1) is 13.8 Å². The van der Waals surface area contributed by atoms with Crippen molar-refractivity contribution >= 4 is 16.3 Å². The van der Waals surface area contributed by atoms with E-state index in [0.717, 1.165) is 11.3 Å². The van der Waals surface area contributed by atoms with Gasteiger partial charge in [-0.25, -0.2) is 0 Å². The molecule has 2 heterocycles. The van der Waals surface area contributed by atoms with Crippen molar-refractivity contribution in [3.05, 3.63) is 50.9 Å². The molecule has 0 N–H and O–H groups in total. The zero-order valence-corrected chi connectivity index (χ0v) is 11.8. The van der Waals surface area contributed by atoms with Crippen LogP contribution in [0.2, 0.25) is 0 Å². The molecule has 20 heavy (non-hydrogen) atoms. The maximum atomic E-state index is 11.8. The Morgan fingerprint density at radius 1 is 1.30 bits per heavy atom. The van der Waals surface area contributed by atoms with Gasteiger partial charge < -0.3 is 4.74 Å². The number of rotatable bonds is 3. The maximum Gasteiger partial charge on any atom is 0.296 e. The van der Waals surface area contributed by atoms with Gasteiger partial charge in [0.1, 0.15) is 18.1 Å². The number of aryl methyl sites for hydroxylation is 2. The highest BCUT2D eigenvalue weighted by molar-refractivity contribution is 7.16. The van der Waals surface area contributed by atoms with Crippen molar-refractivity contribution in [3.63, 3.8) is 0 Å². The third-order valence-electron chi connectivity index (χ3n) is 2.74. The summed E-state index contributed by atoms with van der Waals surface area (Å²) in [5.74, 6) is 0.777. The summed E-state index contributed by atoms with van der Waals surface area (Å²) in [6.07, 6.45) is 0. The second-order valence-corrected chi connectivity index (χ2v) is 5.43. The predicted octanol–water partition coefficient (Wildman–Crippen LogP) is 1.74. The van der Waals surface area contributed by atoms with E-state index in [9.17, 15) is 4.79 Å². The average Bonchev–Trinajstić information content (AvgIpc) is 2.85. The lowest BCUT2D eigenvalue weighted by Crippen LogP contribution is -2.19. The third-order valence-corrected chi connectivity index (χ3v) is 3.61. The Kier molecular flexibility index (Phi) is 3.19. The number of hydrogen-bond donors (Lipinski definition) is 0. The van der Waals surface area contributed by atoms with E-state index in [4.69, 9.17) is 4.74 Å². The highest BCUT2D eigenvalue weighted by Gasteiger charge is 2.09. The van der Waals surface area contributed by atoms with Crippen molar-refractivity contribution in [1.82, 2.24) is 19.8 Å². The van der Waals surface area contributed by atoms with Crippen LogP contribution in [0.1, 0.15) is 16.3 Å². The standard InChI is InChI=1S/C13H12N4O2S/c1-8-4-3-5-10(6-8)19-7-11-16-17-12(18)9(2)14-15-13(17)20-11/h3-6H,7H2,1-2H3. The molecule has 102 valence electrons. The van der Waals surface area contributed by atoms with Crippen molar-refractivity contribution < 1.29 is 4.74 Å². The van der Waals surface area contributed by atoms with Crippen molar-refractivity contribution in [3.8, 4) is 5.75 Å². The zero-order valence-electron chi connectivity index (χ0n) is 11.0. The number of nitrogens with zero attached hydrogens (tertiary/aromatic N) is 4. The first-order valence-electron chi connectivity index (χ1n) is 6.05. The largest absolute Gasteiger partial charge is 0.486 e. The van der Waals surface area contributed by atoms with E-state index in [1.165, 1.54) is 15.9 Å². The van der Waals surface area contributed by atoms with Gasteiger partial charge in [-0.3, -0.25) is 4.79 Å². The summed E-state index contributed by atoms with van der Waals surface area (Å²) in [4.78, 5) is 12.3. The number of fused-ring (bicyclic) bond motifs is 1. The van der Waals surface area contributed by atoms with Crippen LogP contribution in [0.4, 0.5) is 0 Å². The van der Waals surface area contributed by atoms with E-state index in [2.05, 4.69) is 15.3 Å². The first kappa shape index (κ1) is 12.7. The monoisotopic (exact) mass is 288 g/mol. The average molecular weight is 288 g/mol. The maximum absolute atomic E-state index is 11.8. The summed E-state index contributed by atoms with van der Waals surface area (Å²) < 4.78 is 6.92. The molecule has 3 aromatic rings. The van der Waals surface area contributed by atoms with E-state index >= 15 is 0 Å². The normalized spacial score (nSPS) is 10.9. The highest BCUT2D eigenvalue weighted by Crippen LogP contribution is 2.16. The summed E-state index contributed by atoms with van der Waals surface area (Å²) >= 11 is 1.30. The summed E-state index contributed by atoms with van der Waals surface area (Å²) in [6, 6.07) is 7.77. The SMILES string of the molecule is Cc1cccc(OCc2nn3c(=O)c(C)nnc3s2)c1. The summed E-state index contributed by atoms with van der Waals surface area (Å²) in [7, 11) is 0. The molecule has 7 heteroatoms. The van der Waals surface area contributed by atoms with Crippen LogP contribution in [0.3, 0.4) is 0 Å². The summed E-state index contributed by atoms with van der Waals surface area (Å²) in [5, 5.41) is 12.6. The molecule has 3 rings (SSSR count). The number of ether oxygens (including phenoxy) is 1. The topological polar surface area (TPSA) is 69.4 Å². The Morgan fingerprint density at radius 3 is 2.95 bits per heavy atom. The van der Waals surface area contributed by atoms with Gasteiger partial charge in [-0.1, -0.05) is 23.5 Å². The van der Waals surface area contributed by atoms with Gasteiger partial charge >= 0.3 is 0 Å². The first-order valence-corrected chi connectivity index (χ1v) is 6.86. The molecule has 0 spiro atoms. The van der Waals surface area contributed by atoms with Crippen LogP contribution >= 0.6 is 11.3 Å². The van der Waals surface area contributed by atoms with E-state index in [-0.39, 0.29) is 5.56 Å². The lowest BCUT2D eigenvalue weighted by atomic mass is 10.2. The van der Waals surface area contributed by atoms with E-state index < -0.39 is 0 Å². The van der Waals surface area contributed by atoms with E-state index in [0.29, 0.717) is 22.3 Å². The minimum absolute atomic E-state index is 0.243. The van der Waals surface area contributed by atoms with Crippen LogP contribution in [-0.4, -0.2) is 19.8 Å². The molecule has 0 aliphatic heterocycles. The van der Waals surface area contributed by atoms with Crippen molar-refractivity contribution in [1.29, 1.82) is 0 Å². The van der Waals surface area contributed by atoms with Gasteiger partial charge in [0.15, 0.2) is 5.01 Å².